The maximum Gasteiger partial charge on any atom is 0.416 e. The van der Waals surface area contributed by atoms with Gasteiger partial charge in [0, 0.05) is 0 Å². The first-order valence-electron chi connectivity index (χ1n) is 12.1. The minimum absolute atomic E-state index is 0.0472. The van der Waals surface area contributed by atoms with Gasteiger partial charge in [-0.1, -0.05) is 96.1 Å². The van der Waals surface area contributed by atoms with Gasteiger partial charge in [0.1, 0.15) is 0 Å². The van der Waals surface area contributed by atoms with Gasteiger partial charge in [-0.2, -0.15) is 17.9 Å². The number of halogens is 3. The van der Waals surface area contributed by atoms with Gasteiger partial charge in [0.05, 0.1) is 16.5 Å². The quantitative estimate of drug-likeness (QED) is 0.328. The van der Waals surface area contributed by atoms with Crippen molar-refractivity contribution in [3.8, 4) is 0 Å². The van der Waals surface area contributed by atoms with Gasteiger partial charge in [-0.25, -0.2) is 8.42 Å². The van der Waals surface area contributed by atoms with Crippen LogP contribution in [0, 0.1) is 0 Å². The molecule has 0 heterocycles. The summed E-state index contributed by atoms with van der Waals surface area (Å²) in [4.78, 5) is 0.254. The SMILES string of the molecule is CC(C)c1cc(C(C)C)c(S(=O)(=O)N[C@@H](c2ccccc2)c2ccc(C(F)(F)F)cc2)c(C(C)C)c1. The lowest BCUT2D eigenvalue weighted by atomic mass is 9.89. The highest BCUT2D eigenvalue weighted by Crippen LogP contribution is 2.37. The van der Waals surface area contributed by atoms with Crippen LogP contribution in [0.15, 0.2) is 71.6 Å². The second-order valence-electron chi connectivity index (χ2n) is 10.1. The van der Waals surface area contributed by atoms with Gasteiger partial charge in [-0.15, -0.1) is 0 Å². The van der Waals surface area contributed by atoms with Gasteiger partial charge in [0.2, 0.25) is 10.0 Å². The van der Waals surface area contributed by atoms with Crippen molar-refractivity contribution in [3.05, 3.63) is 100 Å². The molecule has 3 aromatic carbocycles. The Morgan fingerprint density at radius 1 is 0.667 bits per heavy atom. The predicted octanol–water partition coefficient (Wildman–Crippen LogP) is 8.14. The van der Waals surface area contributed by atoms with Crippen molar-refractivity contribution in [1.82, 2.24) is 4.72 Å². The average molecular weight is 518 g/mol. The van der Waals surface area contributed by atoms with Gasteiger partial charge in [-0.05, 0) is 57.7 Å². The molecule has 0 fully saturated rings. The highest BCUT2D eigenvalue weighted by molar-refractivity contribution is 7.89. The number of alkyl halides is 3. The zero-order chi connectivity index (χ0) is 26.8. The molecule has 0 spiro atoms. The average Bonchev–Trinajstić information content (AvgIpc) is 2.81. The van der Waals surface area contributed by atoms with E-state index in [0.29, 0.717) is 11.1 Å². The van der Waals surface area contributed by atoms with Crippen molar-refractivity contribution >= 4 is 10.0 Å². The van der Waals surface area contributed by atoms with Crippen molar-refractivity contribution in [1.29, 1.82) is 0 Å². The van der Waals surface area contributed by atoms with E-state index >= 15 is 0 Å². The zero-order valence-electron chi connectivity index (χ0n) is 21.5. The fourth-order valence-electron chi connectivity index (χ4n) is 4.25. The van der Waals surface area contributed by atoms with E-state index in [1.54, 1.807) is 30.3 Å². The number of sulfonamides is 1. The summed E-state index contributed by atoms with van der Waals surface area (Å²) in [5.41, 5.74) is 2.82. The van der Waals surface area contributed by atoms with Crippen LogP contribution in [0.3, 0.4) is 0 Å². The molecule has 1 N–H and O–H groups in total. The summed E-state index contributed by atoms with van der Waals surface area (Å²) in [6.07, 6.45) is -4.48. The molecule has 3 aromatic rings. The van der Waals surface area contributed by atoms with Crippen LogP contribution in [0.5, 0.6) is 0 Å². The normalized spacial score (nSPS) is 13.6. The van der Waals surface area contributed by atoms with E-state index in [-0.39, 0.29) is 22.6 Å². The van der Waals surface area contributed by atoms with Crippen LogP contribution in [0.2, 0.25) is 0 Å². The molecule has 0 saturated carbocycles. The van der Waals surface area contributed by atoms with Gasteiger partial charge in [-0.3, -0.25) is 0 Å². The van der Waals surface area contributed by atoms with Gasteiger partial charge in [0.25, 0.3) is 0 Å². The van der Waals surface area contributed by atoms with Crippen LogP contribution in [-0.4, -0.2) is 8.42 Å². The Bertz CT molecular complexity index is 1250. The number of nitrogens with one attached hydrogen (secondary N) is 1. The monoisotopic (exact) mass is 517 g/mol. The fraction of sp³-hybridized carbons (Fsp3) is 0.379. The molecule has 0 saturated heterocycles. The van der Waals surface area contributed by atoms with Gasteiger partial charge < -0.3 is 0 Å². The van der Waals surface area contributed by atoms with E-state index in [9.17, 15) is 21.6 Å². The summed E-state index contributed by atoms with van der Waals surface area (Å²) in [6.45, 7) is 12.0. The van der Waals surface area contributed by atoms with Crippen molar-refractivity contribution in [3.63, 3.8) is 0 Å². The molecule has 0 aliphatic rings. The highest BCUT2D eigenvalue weighted by atomic mass is 32.2. The van der Waals surface area contributed by atoms with Crippen LogP contribution >= 0.6 is 0 Å². The van der Waals surface area contributed by atoms with E-state index in [2.05, 4.69) is 18.6 Å². The van der Waals surface area contributed by atoms with Crippen molar-refractivity contribution in [2.24, 2.45) is 0 Å². The molecule has 7 heteroatoms. The number of hydrogen-bond donors (Lipinski definition) is 1. The molecule has 0 radical (unpaired) electrons. The van der Waals surface area contributed by atoms with Crippen molar-refractivity contribution in [2.75, 3.05) is 0 Å². The Morgan fingerprint density at radius 3 is 1.56 bits per heavy atom. The first-order valence-corrected chi connectivity index (χ1v) is 13.6. The molecule has 194 valence electrons. The van der Waals surface area contributed by atoms with Crippen molar-refractivity contribution in [2.45, 2.75) is 76.4 Å². The molecule has 0 bridgehead atoms. The predicted molar refractivity (Wildman–Crippen MR) is 139 cm³/mol. The standard InChI is InChI=1S/C29H34F3NO2S/c1-18(2)23-16-25(19(3)4)28(26(17-23)20(5)6)36(34,35)33-27(21-10-8-7-9-11-21)22-12-14-24(15-13-22)29(30,31)32/h7-20,27,33H,1-6H3/t27-/m0/s1. The molecule has 0 aliphatic heterocycles. The molecule has 0 aliphatic carbocycles. The minimum Gasteiger partial charge on any atom is -0.207 e. The van der Waals surface area contributed by atoms with Crippen LogP contribution in [0.1, 0.15) is 98.7 Å². The Hall–Kier alpha value is -2.64. The van der Waals surface area contributed by atoms with Crippen LogP contribution in [0.4, 0.5) is 13.2 Å². The maximum absolute atomic E-state index is 14.1. The first kappa shape index (κ1) is 27.9. The first-order chi connectivity index (χ1) is 16.7. The smallest absolute Gasteiger partial charge is 0.207 e. The lowest BCUT2D eigenvalue weighted by Gasteiger charge is -2.26. The second-order valence-corrected chi connectivity index (χ2v) is 11.7. The largest absolute Gasteiger partial charge is 0.416 e. The number of benzene rings is 3. The van der Waals surface area contributed by atoms with E-state index in [4.69, 9.17) is 0 Å². The van der Waals surface area contributed by atoms with Crippen LogP contribution < -0.4 is 4.72 Å². The summed E-state index contributed by atoms with van der Waals surface area (Å²) in [5.74, 6) is 0.136. The summed E-state index contributed by atoms with van der Waals surface area (Å²) in [6, 6.07) is 16.6. The van der Waals surface area contributed by atoms with E-state index in [1.807, 2.05) is 39.8 Å². The topological polar surface area (TPSA) is 46.2 Å². The molecule has 3 nitrogen and oxygen atoms in total. The zero-order valence-corrected chi connectivity index (χ0v) is 22.3. The third-order valence-electron chi connectivity index (χ3n) is 6.33. The second kappa shape index (κ2) is 10.8. The Morgan fingerprint density at radius 2 is 1.14 bits per heavy atom. The summed E-state index contributed by atoms with van der Waals surface area (Å²) in [5, 5.41) is 0. The van der Waals surface area contributed by atoms with E-state index in [1.165, 1.54) is 12.1 Å². The van der Waals surface area contributed by atoms with Gasteiger partial charge >= 0.3 is 6.18 Å². The van der Waals surface area contributed by atoms with Crippen molar-refractivity contribution < 1.29 is 21.6 Å². The third kappa shape index (κ3) is 6.19. The third-order valence-corrected chi connectivity index (χ3v) is 7.88. The van der Waals surface area contributed by atoms with E-state index < -0.39 is 27.8 Å². The molecule has 36 heavy (non-hydrogen) atoms. The van der Waals surface area contributed by atoms with Gasteiger partial charge in [0.15, 0.2) is 0 Å². The fourth-order valence-corrected chi connectivity index (χ4v) is 6.16. The molecule has 0 amide bonds. The highest BCUT2D eigenvalue weighted by Gasteiger charge is 2.32. The Balaban J connectivity index is 2.18. The molecule has 3 rings (SSSR count). The molecule has 0 aromatic heterocycles. The Labute approximate surface area is 212 Å². The lowest BCUT2D eigenvalue weighted by molar-refractivity contribution is -0.137. The summed E-state index contributed by atoms with van der Waals surface area (Å²) >= 11 is 0. The lowest BCUT2D eigenvalue weighted by Crippen LogP contribution is -2.31. The molecule has 0 unspecified atom stereocenters. The molecular weight excluding hydrogens is 483 g/mol. The van der Waals surface area contributed by atoms with Crippen LogP contribution in [-0.2, 0) is 16.2 Å². The number of hydrogen-bond acceptors (Lipinski definition) is 2. The minimum atomic E-state index is -4.48. The maximum atomic E-state index is 14.1. The number of rotatable bonds is 8. The summed E-state index contributed by atoms with van der Waals surface area (Å²) < 4.78 is 70.4. The Kier molecular flexibility index (Phi) is 8.36. The molecule has 1 atom stereocenters. The van der Waals surface area contributed by atoms with E-state index in [0.717, 1.165) is 28.8 Å². The van der Waals surface area contributed by atoms with Crippen LogP contribution in [0.25, 0.3) is 0 Å². The summed E-state index contributed by atoms with van der Waals surface area (Å²) in [7, 11) is -4.06. The molecular formula is C29H34F3NO2S.